The zero-order chi connectivity index (χ0) is 10.7. The van der Waals surface area contributed by atoms with E-state index in [9.17, 15) is 0 Å². The van der Waals surface area contributed by atoms with Crippen LogP contribution in [0.15, 0.2) is 48.8 Å². The van der Waals surface area contributed by atoms with Crippen molar-refractivity contribution >= 4 is 0 Å². The Morgan fingerprint density at radius 3 is 2.53 bits per heavy atom. The molecule has 2 aromatic rings. The van der Waals surface area contributed by atoms with Gasteiger partial charge in [0.15, 0.2) is 0 Å². The van der Waals surface area contributed by atoms with Gasteiger partial charge in [-0.25, -0.2) is 0 Å². The summed E-state index contributed by atoms with van der Waals surface area (Å²) in [6, 6.07) is 14.5. The number of benzene rings is 1. The van der Waals surface area contributed by atoms with Crippen LogP contribution in [0.2, 0.25) is 0 Å². The molecule has 1 heterocycles. The summed E-state index contributed by atoms with van der Waals surface area (Å²) in [6.45, 7) is 2.12. The lowest BCUT2D eigenvalue weighted by Gasteiger charge is -2.13. The molecule has 0 aliphatic heterocycles. The summed E-state index contributed by atoms with van der Waals surface area (Å²) >= 11 is 0. The molecule has 2 heteroatoms. The molecule has 74 valence electrons. The van der Waals surface area contributed by atoms with Crippen LogP contribution in [0, 0.1) is 11.3 Å². The number of hydrogen-bond donors (Lipinski definition) is 0. The molecule has 0 radical (unpaired) electrons. The number of hydrogen-bond acceptors (Lipinski definition) is 1. The van der Waals surface area contributed by atoms with E-state index in [0.717, 1.165) is 0 Å². The largest absolute Gasteiger partial charge is 0.346 e. The first-order valence-corrected chi connectivity index (χ1v) is 4.94. The second-order valence-corrected chi connectivity index (χ2v) is 3.55. The van der Waals surface area contributed by atoms with E-state index in [4.69, 9.17) is 5.26 Å². The highest BCUT2D eigenvalue weighted by atomic mass is 15.0. The van der Waals surface area contributed by atoms with Gasteiger partial charge >= 0.3 is 0 Å². The Hall–Kier alpha value is -2.01. The number of aromatic nitrogens is 1. The third-order valence-electron chi connectivity index (χ3n) is 2.57. The minimum absolute atomic E-state index is 0.272. The molecule has 0 N–H and O–H groups in total. The molecular formula is C13H12N2. The molecule has 0 spiro atoms. The van der Waals surface area contributed by atoms with Crippen LogP contribution >= 0.6 is 0 Å². The highest BCUT2D eigenvalue weighted by molar-refractivity contribution is 5.28. The maximum Gasteiger partial charge on any atom is 0.101 e. The van der Waals surface area contributed by atoms with E-state index < -0.39 is 0 Å². The molecule has 0 fully saturated rings. The first kappa shape index (κ1) is 9.54. The normalized spacial score (nSPS) is 12.0. The van der Waals surface area contributed by atoms with E-state index >= 15 is 0 Å². The van der Waals surface area contributed by atoms with Crippen molar-refractivity contribution in [2.45, 2.75) is 13.0 Å². The summed E-state index contributed by atoms with van der Waals surface area (Å²) < 4.78 is 2.05. The van der Waals surface area contributed by atoms with Gasteiger partial charge in [-0.3, -0.25) is 0 Å². The van der Waals surface area contributed by atoms with E-state index in [0.29, 0.717) is 5.56 Å². The summed E-state index contributed by atoms with van der Waals surface area (Å²) in [5, 5.41) is 8.74. The lowest BCUT2D eigenvalue weighted by molar-refractivity contribution is 0.643. The van der Waals surface area contributed by atoms with Gasteiger partial charge in [0.25, 0.3) is 0 Å². The van der Waals surface area contributed by atoms with Gasteiger partial charge < -0.3 is 4.57 Å². The molecule has 0 saturated carbocycles. The van der Waals surface area contributed by atoms with Crippen molar-refractivity contribution < 1.29 is 0 Å². The summed E-state index contributed by atoms with van der Waals surface area (Å²) in [7, 11) is 0. The molecule has 0 bridgehead atoms. The Balaban J connectivity index is 2.29. The fourth-order valence-corrected chi connectivity index (χ4v) is 1.62. The van der Waals surface area contributed by atoms with Crippen LogP contribution in [0.3, 0.4) is 0 Å². The minimum Gasteiger partial charge on any atom is -0.346 e. The van der Waals surface area contributed by atoms with Crippen molar-refractivity contribution in [2.24, 2.45) is 0 Å². The number of nitrogens with zero attached hydrogens (tertiary/aromatic N) is 2. The average Bonchev–Trinajstić information content (AvgIpc) is 2.78. The second kappa shape index (κ2) is 4.02. The molecule has 15 heavy (non-hydrogen) atoms. The van der Waals surface area contributed by atoms with E-state index in [1.54, 1.807) is 0 Å². The van der Waals surface area contributed by atoms with Crippen LogP contribution in [-0.4, -0.2) is 4.57 Å². The van der Waals surface area contributed by atoms with Crippen molar-refractivity contribution in [2.75, 3.05) is 0 Å². The van der Waals surface area contributed by atoms with E-state index in [1.165, 1.54) is 5.56 Å². The Labute approximate surface area is 89.4 Å². The van der Waals surface area contributed by atoms with Gasteiger partial charge in [-0.2, -0.15) is 5.26 Å². The smallest absolute Gasteiger partial charge is 0.101 e. The molecule has 0 aliphatic rings. The molecule has 1 aromatic carbocycles. The molecule has 2 rings (SSSR count). The Kier molecular flexibility index (Phi) is 2.55. The molecule has 0 aliphatic carbocycles. The lowest BCUT2D eigenvalue weighted by Crippen LogP contribution is -2.03. The maximum atomic E-state index is 8.74. The fourth-order valence-electron chi connectivity index (χ4n) is 1.62. The first-order valence-electron chi connectivity index (χ1n) is 4.94. The topological polar surface area (TPSA) is 28.7 Å². The lowest BCUT2D eigenvalue weighted by atomic mass is 10.1. The molecule has 0 amide bonds. The van der Waals surface area contributed by atoms with Crippen LogP contribution in [0.5, 0.6) is 0 Å². The van der Waals surface area contributed by atoms with Crippen molar-refractivity contribution in [1.29, 1.82) is 5.26 Å². The highest BCUT2D eigenvalue weighted by Crippen LogP contribution is 2.18. The quantitative estimate of drug-likeness (QED) is 0.725. The van der Waals surface area contributed by atoms with Crippen molar-refractivity contribution in [3.8, 4) is 6.07 Å². The van der Waals surface area contributed by atoms with Gasteiger partial charge in [0, 0.05) is 12.4 Å². The van der Waals surface area contributed by atoms with Gasteiger partial charge in [-0.05, 0) is 18.6 Å². The van der Waals surface area contributed by atoms with Crippen LogP contribution in [0.25, 0.3) is 0 Å². The second-order valence-electron chi connectivity index (χ2n) is 3.55. The van der Waals surface area contributed by atoms with Crippen molar-refractivity contribution in [3.63, 3.8) is 0 Å². The monoisotopic (exact) mass is 196 g/mol. The predicted molar refractivity (Wildman–Crippen MR) is 59.4 cm³/mol. The van der Waals surface area contributed by atoms with Crippen LogP contribution in [0.4, 0.5) is 0 Å². The van der Waals surface area contributed by atoms with Gasteiger partial charge in [0.05, 0.1) is 11.6 Å². The summed E-state index contributed by atoms with van der Waals surface area (Å²) in [4.78, 5) is 0. The van der Waals surface area contributed by atoms with Gasteiger partial charge in [-0.15, -0.1) is 0 Å². The van der Waals surface area contributed by atoms with E-state index in [1.807, 2.05) is 41.2 Å². The first-order chi connectivity index (χ1) is 7.31. The Morgan fingerprint density at radius 2 is 1.93 bits per heavy atom. The Morgan fingerprint density at radius 1 is 1.20 bits per heavy atom. The van der Waals surface area contributed by atoms with Gasteiger partial charge in [0.1, 0.15) is 6.07 Å². The van der Waals surface area contributed by atoms with Crippen molar-refractivity contribution in [1.82, 2.24) is 4.57 Å². The highest BCUT2D eigenvalue weighted by Gasteiger charge is 2.06. The maximum absolute atomic E-state index is 8.74. The van der Waals surface area contributed by atoms with Gasteiger partial charge in [-0.1, -0.05) is 30.3 Å². The summed E-state index contributed by atoms with van der Waals surface area (Å²) in [5.41, 5.74) is 1.95. The van der Waals surface area contributed by atoms with Gasteiger partial charge in [0.2, 0.25) is 0 Å². The number of rotatable bonds is 2. The molecule has 0 unspecified atom stereocenters. The van der Waals surface area contributed by atoms with Crippen LogP contribution < -0.4 is 0 Å². The summed E-state index contributed by atoms with van der Waals surface area (Å²) in [6.07, 6.45) is 3.81. The van der Waals surface area contributed by atoms with Crippen molar-refractivity contribution in [3.05, 3.63) is 59.9 Å². The van der Waals surface area contributed by atoms with E-state index in [2.05, 4.69) is 25.1 Å². The average molecular weight is 196 g/mol. The van der Waals surface area contributed by atoms with E-state index in [-0.39, 0.29) is 6.04 Å². The Bertz CT molecular complexity index is 477. The molecule has 1 atom stereocenters. The number of nitriles is 1. The standard InChI is InChI=1S/C13H12N2/c1-11(13-5-3-2-4-6-13)15-8-7-12(9-14)10-15/h2-8,10-11H,1H3/t11-/m0/s1. The zero-order valence-corrected chi connectivity index (χ0v) is 8.59. The molecule has 1 aromatic heterocycles. The third-order valence-corrected chi connectivity index (χ3v) is 2.57. The van der Waals surface area contributed by atoms with Crippen LogP contribution in [-0.2, 0) is 0 Å². The predicted octanol–water partition coefficient (Wildman–Crippen LogP) is 2.97. The zero-order valence-electron chi connectivity index (χ0n) is 8.59. The molecule has 0 saturated heterocycles. The molecule has 2 nitrogen and oxygen atoms in total. The summed E-state index contributed by atoms with van der Waals surface area (Å²) in [5.74, 6) is 0. The molecular weight excluding hydrogens is 184 g/mol. The minimum atomic E-state index is 0.272. The van der Waals surface area contributed by atoms with Crippen LogP contribution in [0.1, 0.15) is 24.1 Å². The fraction of sp³-hybridized carbons (Fsp3) is 0.154. The third kappa shape index (κ3) is 1.92. The SMILES string of the molecule is C[C@@H](c1ccccc1)n1ccc(C#N)c1.